The Morgan fingerprint density at radius 1 is 1.03 bits per heavy atom. The van der Waals surface area contributed by atoms with Crippen LogP contribution >= 0.6 is 28.1 Å². The van der Waals surface area contributed by atoms with Gasteiger partial charge in [0.05, 0.1) is 19.9 Å². The second kappa shape index (κ2) is 10.2. The third-order valence-corrected chi connectivity index (χ3v) is 5.21. The van der Waals surface area contributed by atoms with E-state index in [1.54, 1.807) is 20.4 Å². The number of hydrogen-bond acceptors (Lipinski definition) is 4. The molecular formula is C22H22BrN3O2S. The molecule has 0 radical (unpaired) electrons. The molecule has 0 fully saturated rings. The van der Waals surface area contributed by atoms with Gasteiger partial charge in [-0.15, -0.1) is 0 Å². The molecule has 0 aliphatic heterocycles. The number of thiocarbonyl (C=S) groups is 1. The third kappa shape index (κ3) is 5.92. The van der Waals surface area contributed by atoms with Crippen molar-refractivity contribution in [3.63, 3.8) is 0 Å². The zero-order chi connectivity index (χ0) is 20.6. The summed E-state index contributed by atoms with van der Waals surface area (Å²) < 4.78 is 11.8. The summed E-state index contributed by atoms with van der Waals surface area (Å²) in [5.74, 6) is 1.39. The normalized spacial score (nSPS) is 10.3. The highest BCUT2D eigenvalue weighted by Crippen LogP contribution is 2.29. The lowest BCUT2D eigenvalue weighted by Gasteiger charge is -2.26. The molecule has 0 bridgehead atoms. The molecule has 3 aromatic rings. The Hall–Kier alpha value is -2.64. The fourth-order valence-electron chi connectivity index (χ4n) is 2.82. The number of ether oxygens (including phenoxy) is 2. The molecule has 0 saturated carbocycles. The number of pyridine rings is 1. The maximum Gasteiger partial charge on any atom is 0.174 e. The third-order valence-electron chi connectivity index (χ3n) is 4.32. The lowest BCUT2D eigenvalue weighted by atomic mass is 10.2. The molecule has 0 amide bonds. The lowest BCUT2D eigenvalue weighted by Crippen LogP contribution is -2.34. The minimum Gasteiger partial charge on any atom is -0.497 e. The smallest absolute Gasteiger partial charge is 0.174 e. The van der Waals surface area contributed by atoms with Gasteiger partial charge >= 0.3 is 0 Å². The van der Waals surface area contributed by atoms with E-state index in [-0.39, 0.29) is 0 Å². The van der Waals surface area contributed by atoms with Crippen molar-refractivity contribution in [2.24, 2.45) is 0 Å². The van der Waals surface area contributed by atoms with Crippen molar-refractivity contribution in [2.45, 2.75) is 13.1 Å². The van der Waals surface area contributed by atoms with Gasteiger partial charge in [-0.1, -0.05) is 34.1 Å². The van der Waals surface area contributed by atoms with Crippen LogP contribution in [0, 0.1) is 0 Å². The van der Waals surface area contributed by atoms with Crippen LogP contribution in [-0.2, 0) is 13.1 Å². The van der Waals surface area contributed by atoms with Gasteiger partial charge in [0.25, 0.3) is 0 Å². The lowest BCUT2D eigenvalue weighted by molar-refractivity contribution is 0.394. The van der Waals surface area contributed by atoms with Crippen molar-refractivity contribution in [3.8, 4) is 11.5 Å². The van der Waals surface area contributed by atoms with Crippen LogP contribution in [0.15, 0.2) is 71.5 Å². The average Bonchev–Trinajstić information content (AvgIpc) is 2.75. The molecule has 0 aliphatic rings. The monoisotopic (exact) mass is 471 g/mol. The molecule has 1 aromatic heterocycles. The van der Waals surface area contributed by atoms with E-state index in [9.17, 15) is 0 Å². The Morgan fingerprint density at radius 3 is 2.45 bits per heavy atom. The summed E-state index contributed by atoms with van der Waals surface area (Å²) in [4.78, 5) is 6.31. The molecule has 7 heteroatoms. The van der Waals surface area contributed by atoms with E-state index in [4.69, 9.17) is 21.7 Å². The molecule has 1 N–H and O–H groups in total. The second-order valence-electron chi connectivity index (χ2n) is 6.34. The number of benzene rings is 2. The molecule has 0 spiro atoms. The van der Waals surface area contributed by atoms with Crippen LogP contribution in [0.3, 0.4) is 0 Å². The van der Waals surface area contributed by atoms with Crippen LogP contribution in [0.25, 0.3) is 0 Å². The fourth-order valence-corrected chi connectivity index (χ4v) is 3.32. The molecule has 3 rings (SSSR count). The summed E-state index contributed by atoms with van der Waals surface area (Å²) in [6.45, 7) is 1.29. The van der Waals surface area contributed by atoms with Gasteiger partial charge in [0.2, 0.25) is 0 Å². The molecule has 1 heterocycles. The van der Waals surface area contributed by atoms with Gasteiger partial charge < -0.3 is 19.7 Å². The standard InChI is InChI=1S/C22H22BrN3O2S/c1-27-19-9-10-20(21(12-19)28-2)25-22(29)26(15-17-4-3-11-24-13-17)14-16-5-7-18(23)8-6-16/h3-13H,14-15H2,1-2H3,(H,25,29). The summed E-state index contributed by atoms with van der Waals surface area (Å²) in [6.07, 6.45) is 3.62. The Bertz CT molecular complexity index is 952. The molecular weight excluding hydrogens is 450 g/mol. The van der Waals surface area contributed by atoms with Gasteiger partial charge in [-0.3, -0.25) is 4.98 Å². The van der Waals surface area contributed by atoms with Gasteiger partial charge in [0.15, 0.2) is 5.11 Å². The minimum absolute atomic E-state index is 0.597. The van der Waals surface area contributed by atoms with E-state index < -0.39 is 0 Å². The minimum atomic E-state index is 0.597. The first-order valence-corrected chi connectivity index (χ1v) is 10.2. The van der Waals surface area contributed by atoms with Crippen LogP contribution in [0.1, 0.15) is 11.1 Å². The Balaban J connectivity index is 1.82. The van der Waals surface area contributed by atoms with Crippen molar-refractivity contribution >= 4 is 38.9 Å². The van der Waals surface area contributed by atoms with Gasteiger partial charge in [0.1, 0.15) is 11.5 Å². The van der Waals surface area contributed by atoms with E-state index in [0.717, 1.165) is 27.0 Å². The number of nitrogens with zero attached hydrogens (tertiary/aromatic N) is 2. The molecule has 0 unspecified atom stereocenters. The molecule has 150 valence electrons. The molecule has 29 heavy (non-hydrogen) atoms. The van der Waals surface area contributed by atoms with Gasteiger partial charge in [-0.2, -0.15) is 0 Å². The number of hydrogen-bond donors (Lipinski definition) is 1. The van der Waals surface area contributed by atoms with Crippen LogP contribution < -0.4 is 14.8 Å². The maximum atomic E-state index is 5.75. The average molecular weight is 472 g/mol. The molecule has 0 saturated heterocycles. The Morgan fingerprint density at radius 2 is 1.79 bits per heavy atom. The highest BCUT2D eigenvalue weighted by molar-refractivity contribution is 9.10. The summed E-state index contributed by atoms with van der Waals surface area (Å²) in [7, 11) is 3.25. The van der Waals surface area contributed by atoms with E-state index in [1.807, 2.05) is 48.7 Å². The second-order valence-corrected chi connectivity index (χ2v) is 7.64. The van der Waals surface area contributed by atoms with Gasteiger partial charge in [-0.25, -0.2) is 0 Å². The number of anilines is 1. The number of nitrogens with one attached hydrogen (secondary N) is 1. The van der Waals surface area contributed by atoms with Gasteiger partial charge in [-0.05, 0) is 53.7 Å². The first-order chi connectivity index (χ1) is 14.1. The number of methoxy groups -OCH3 is 2. The summed E-state index contributed by atoms with van der Waals surface area (Å²) in [6, 6.07) is 17.8. The van der Waals surface area contributed by atoms with Crippen molar-refractivity contribution < 1.29 is 9.47 Å². The quantitative estimate of drug-likeness (QED) is 0.474. The topological polar surface area (TPSA) is 46.6 Å². The molecule has 2 aromatic carbocycles. The Kier molecular flexibility index (Phi) is 7.43. The number of rotatable bonds is 7. The molecule has 0 aliphatic carbocycles. The van der Waals surface area contributed by atoms with Crippen LogP contribution in [0.2, 0.25) is 0 Å². The van der Waals surface area contributed by atoms with E-state index in [0.29, 0.717) is 24.0 Å². The van der Waals surface area contributed by atoms with Gasteiger partial charge in [0, 0.05) is 36.0 Å². The Labute approximate surface area is 184 Å². The number of aromatic nitrogens is 1. The summed E-state index contributed by atoms with van der Waals surface area (Å²) in [5.41, 5.74) is 3.02. The SMILES string of the molecule is COc1ccc(NC(=S)N(Cc2ccc(Br)cc2)Cc2cccnc2)c(OC)c1. The predicted molar refractivity (Wildman–Crippen MR) is 123 cm³/mol. The van der Waals surface area contributed by atoms with Crippen molar-refractivity contribution in [3.05, 3.63) is 82.6 Å². The zero-order valence-electron chi connectivity index (χ0n) is 16.3. The first-order valence-electron chi connectivity index (χ1n) is 9.00. The van der Waals surface area contributed by atoms with E-state index >= 15 is 0 Å². The maximum absolute atomic E-state index is 5.75. The van der Waals surface area contributed by atoms with Crippen molar-refractivity contribution in [2.75, 3.05) is 19.5 Å². The first kappa shape index (κ1) is 21.1. The van der Waals surface area contributed by atoms with Crippen LogP contribution in [0.5, 0.6) is 11.5 Å². The largest absolute Gasteiger partial charge is 0.497 e. The summed E-state index contributed by atoms with van der Waals surface area (Å²) in [5, 5.41) is 3.91. The predicted octanol–water partition coefficient (Wildman–Crippen LogP) is 5.26. The van der Waals surface area contributed by atoms with Crippen LogP contribution in [0.4, 0.5) is 5.69 Å². The summed E-state index contributed by atoms with van der Waals surface area (Å²) >= 11 is 9.23. The van der Waals surface area contributed by atoms with E-state index in [2.05, 4.69) is 43.3 Å². The van der Waals surface area contributed by atoms with E-state index in [1.165, 1.54) is 0 Å². The van der Waals surface area contributed by atoms with Crippen molar-refractivity contribution in [1.82, 2.24) is 9.88 Å². The molecule has 5 nitrogen and oxygen atoms in total. The van der Waals surface area contributed by atoms with Crippen LogP contribution in [-0.4, -0.2) is 29.2 Å². The highest BCUT2D eigenvalue weighted by atomic mass is 79.9. The number of halogens is 1. The fraction of sp³-hybridized carbons (Fsp3) is 0.182. The van der Waals surface area contributed by atoms with Crippen molar-refractivity contribution in [1.29, 1.82) is 0 Å². The molecule has 0 atom stereocenters. The zero-order valence-corrected chi connectivity index (χ0v) is 18.7. The highest BCUT2D eigenvalue weighted by Gasteiger charge is 2.14.